The fourth-order valence-electron chi connectivity index (χ4n) is 4.23. The molecule has 0 saturated carbocycles. The van der Waals surface area contributed by atoms with Gasteiger partial charge in [0.1, 0.15) is 11.9 Å². The van der Waals surface area contributed by atoms with Gasteiger partial charge in [0.05, 0.1) is 11.1 Å². The minimum atomic E-state index is -0.941. The molecule has 6 aromatic rings. The van der Waals surface area contributed by atoms with Crippen LogP contribution < -0.4 is 0 Å². The third-order valence-electron chi connectivity index (χ3n) is 6.17. The zero-order valence-corrected chi connectivity index (χ0v) is 22.3. The maximum atomic E-state index is 14.2. The van der Waals surface area contributed by atoms with E-state index in [1.165, 1.54) is 15.5 Å². The van der Waals surface area contributed by atoms with Crippen molar-refractivity contribution in [1.82, 2.24) is 19.7 Å². The minimum Gasteiger partial charge on any atom is -0.300 e. The van der Waals surface area contributed by atoms with Gasteiger partial charge in [-0.2, -0.15) is 23.3 Å². The van der Waals surface area contributed by atoms with Gasteiger partial charge in [-0.1, -0.05) is 42.0 Å². The summed E-state index contributed by atoms with van der Waals surface area (Å²) in [4.78, 5) is 7.91. The molecular weight excluding hydrogens is 657 g/mol. The third kappa shape index (κ3) is 4.06. The molecule has 180 valence electrons. The summed E-state index contributed by atoms with van der Waals surface area (Å²) in [7, 11) is 0. The van der Waals surface area contributed by atoms with E-state index in [1.807, 2.05) is 55.1 Å². The van der Waals surface area contributed by atoms with Crippen LogP contribution in [0.15, 0.2) is 72.9 Å². The number of hydrogen-bond donors (Lipinski definition) is 0. The quantitative estimate of drug-likeness (QED) is 0.151. The van der Waals surface area contributed by atoms with Crippen molar-refractivity contribution in [3.05, 3.63) is 108 Å². The number of rotatable bonds is 4. The van der Waals surface area contributed by atoms with Gasteiger partial charge >= 0.3 is 21.1 Å². The smallest absolute Gasteiger partial charge is 0.300 e. The first-order chi connectivity index (χ1) is 16.9. The molecule has 36 heavy (non-hydrogen) atoms. The molecule has 0 unspecified atom stereocenters. The van der Waals surface area contributed by atoms with Gasteiger partial charge in [0.15, 0.2) is 0 Å². The van der Waals surface area contributed by atoms with E-state index in [0.29, 0.717) is 11.4 Å². The maximum absolute atomic E-state index is 14.2. The largest absolute Gasteiger partial charge is 2.00 e. The van der Waals surface area contributed by atoms with Crippen LogP contribution in [0.1, 0.15) is 25.2 Å². The van der Waals surface area contributed by atoms with Crippen molar-refractivity contribution in [1.29, 1.82) is 0 Å². The number of aromatic nitrogens is 4. The molecule has 2 aromatic carbocycles. The monoisotopic (exact) mass is 675 g/mol. The van der Waals surface area contributed by atoms with Crippen molar-refractivity contribution in [2.24, 2.45) is 0 Å². The molecule has 0 amide bonds. The Balaban J connectivity index is 0.00000267. The van der Waals surface area contributed by atoms with Crippen molar-refractivity contribution in [3.63, 3.8) is 0 Å². The van der Waals surface area contributed by atoms with Crippen molar-refractivity contribution in [3.8, 4) is 16.9 Å². The number of thiophene rings is 1. The molecular formula is C28H18F2N4PtS. The average Bonchev–Trinajstić information content (AvgIpc) is 3.50. The van der Waals surface area contributed by atoms with Gasteiger partial charge in [-0.25, -0.2) is 20.1 Å². The van der Waals surface area contributed by atoms with Gasteiger partial charge in [-0.15, -0.1) is 11.5 Å². The van der Waals surface area contributed by atoms with Crippen LogP contribution in [0.5, 0.6) is 0 Å². The molecule has 0 atom stereocenters. The Labute approximate surface area is 224 Å². The molecule has 4 heterocycles. The molecule has 4 nitrogen and oxygen atoms in total. The first kappa shape index (κ1) is 24.4. The van der Waals surface area contributed by atoms with Crippen LogP contribution in [0.3, 0.4) is 0 Å². The molecule has 4 aromatic heterocycles. The van der Waals surface area contributed by atoms with E-state index in [0.717, 1.165) is 22.1 Å². The summed E-state index contributed by atoms with van der Waals surface area (Å²) in [5, 5.41) is 7.28. The minimum absolute atomic E-state index is 0. The number of hydrogen-bond acceptors (Lipinski definition) is 4. The molecule has 0 saturated heterocycles. The summed E-state index contributed by atoms with van der Waals surface area (Å²) in [5.41, 5.74) is 2.17. The molecule has 0 aliphatic rings. The fourth-order valence-corrected chi connectivity index (χ4v) is 5.43. The first-order valence-corrected chi connectivity index (χ1v) is 11.8. The molecule has 0 aliphatic heterocycles. The molecule has 6 rings (SSSR count). The fraction of sp³-hybridized carbons (Fsp3) is 0.107. The van der Waals surface area contributed by atoms with Crippen LogP contribution in [-0.2, 0) is 26.5 Å². The van der Waals surface area contributed by atoms with Gasteiger partial charge in [0, 0.05) is 16.6 Å². The van der Waals surface area contributed by atoms with Crippen LogP contribution in [0.4, 0.5) is 8.78 Å². The Hall–Kier alpha value is -3.28. The third-order valence-corrected chi connectivity index (χ3v) is 7.36. The van der Waals surface area contributed by atoms with Gasteiger partial charge in [0.25, 0.3) is 0 Å². The zero-order valence-electron chi connectivity index (χ0n) is 19.2. The second-order valence-electron chi connectivity index (χ2n) is 8.73. The van der Waals surface area contributed by atoms with Gasteiger partial charge in [0.2, 0.25) is 0 Å². The normalized spacial score (nSPS) is 11.7. The first-order valence-electron chi connectivity index (χ1n) is 11.0. The Morgan fingerprint density at radius 1 is 0.889 bits per heavy atom. The number of benzene rings is 2. The second-order valence-corrected chi connectivity index (χ2v) is 9.79. The SMILES string of the molecule is CC(C)(c1cccc(-c2[c-]cc(F)nc2F)n1)c1ccn(-c2[c-]ccc3c2sc2ccccc23)n1.[Pt+2]. The summed E-state index contributed by atoms with van der Waals surface area (Å²) >= 11 is 1.72. The van der Waals surface area contributed by atoms with E-state index < -0.39 is 17.3 Å². The maximum Gasteiger partial charge on any atom is 2.00 e. The summed E-state index contributed by atoms with van der Waals surface area (Å²) in [5.74, 6) is -1.86. The van der Waals surface area contributed by atoms with Crippen molar-refractivity contribution >= 4 is 31.5 Å². The van der Waals surface area contributed by atoms with E-state index in [4.69, 9.17) is 5.10 Å². The van der Waals surface area contributed by atoms with Gasteiger partial charge in [-0.3, -0.25) is 9.67 Å². The molecule has 0 spiro atoms. The Bertz CT molecular complexity index is 1720. The van der Waals surface area contributed by atoms with E-state index in [-0.39, 0.29) is 26.6 Å². The molecule has 8 heteroatoms. The van der Waals surface area contributed by atoms with Crippen molar-refractivity contribution < 1.29 is 29.8 Å². The predicted octanol–water partition coefficient (Wildman–Crippen LogP) is 6.90. The molecule has 0 bridgehead atoms. The molecule has 0 fully saturated rings. The Morgan fingerprint density at radius 3 is 2.56 bits per heavy atom. The topological polar surface area (TPSA) is 43.6 Å². The standard InChI is InChI=1S/C28H18F2N4S.Pt/c1-28(2,23-12-6-9-20(31-23)19-13-14-25(29)32-27(19)30)24-15-16-34(33-24)21-10-5-8-18-17-7-3-4-11-22(17)35-26(18)21;/h3-9,11-12,14-16H,1-2H3;/q-2;+2. The summed E-state index contributed by atoms with van der Waals surface area (Å²) in [6.07, 6.45) is 1.92. The summed E-state index contributed by atoms with van der Waals surface area (Å²) in [6, 6.07) is 26.6. The summed E-state index contributed by atoms with van der Waals surface area (Å²) < 4.78 is 31.7. The number of fused-ring (bicyclic) bond motifs is 3. The van der Waals surface area contributed by atoms with Crippen molar-refractivity contribution in [2.45, 2.75) is 19.3 Å². The van der Waals surface area contributed by atoms with Crippen LogP contribution in [0.25, 0.3) is 37.1 Å². The van der Waals surface area contributed by atoms with Crippen LogP contribution in [0, 0.1) is 24.0 Å². The van der Waals surface area contributed by atoms with Crippen LogP contribution in [0.2, 0.25) is 0 Å². The average molecular weight is 676 g/mol. The number of halogens is 2. The van der Waals surface area contributed by atoms with E-state index in [2.05, 4.69) is 40.3 Å². The van der Waals surface area contributed by atoms with Crippen LogP contribution >= 0.6 is 11.3 Å². The molecule has 0 aliphatic carbocycles. The van der Waals surface area contributed by atoms with E-state index >= 15 is 0 Å². The second kappa shape index (κ2) is 9.30. The Morgan fingerprint density at radius 2 is 1.72 bits per heavy atom. The van der Waals surface area contributed by atoms with Crippen molar-refractivity contribution in [2.75, 3.05) is 0 Å². The number of pyridine rings is 2. The van der Waals surface area contributed by atoms with E-state index in [9.17, 15) is 8.78 Å². The van der Waals surface area contributed by atoms with E-state index in [1.54, 1.807) is 23.5 Å². The van der Waals surface area contributed by atoms with Gasteiger partial charge in [-0.05, 0) is 53.5 Å². The zero-order chi connectivity index (χ0) is 24.2. The Kier molecular flexibility index (Phi) is 6.31. The predicted molar refractivity (Wildman–Crippen MR) is 134 cm³/mol. The van der Waals surface area contributed by atoms with Crippen LogP contribution in [-0.4, -0.2) is 19.7 Å². The van der Waals surface area contributed by atoms with Gasteiger partial charge < -0.3 is 4.98 Å². The summed E-state index contributed by atoms with van der Waals surface area (Å²) in [6.45, 7) is 4.02. The number of nitrogens with zero attached hydrogens (tertiary/aromatic N) is 4. The molecule has 0 N–H and O–H groups in total. The molecule has 0 radical (unpaired) electrons.